The summed E-state index contributed by atoms with van der Waals surface area (Å²) < 4.78 is 0. The van der Waals surface area contributed by atoms with Crippen LogP contribution in [0.5, 0.6) is 0 Å². The lowest BCUT2D eigenvalue weighted by atomic mass is 10.4. The van der Waals surface area contributed by atoms with E-state index in [1.165, 1.54) is 12.1 Å². The molecule has 6 nitrogen and oxygen atoms in total. The predicted molar refractivity (Wildman–Crippen MR) is 72.2 cm³/mol. The fourth-order valence-corrected chi connectivity index (χ4v) is 1.22. The lowest BCUT2D eigenvalue weighted by molar-refractivity contribution is -0.384. The minimum absolute atomic E-state index is 0.117. The first-order valence-electron chi connectivity index (χ1n) is 4.99. The molecule has 7 heteroatoms. The minimum atomic E-state index is -0.527. The molecule has 1 aromatic heterocycles. The zero-order chi connectivity index (χ0) is 13.4. The molecular weight excluding hydrogens is 256 g/mol. The number of halogens is 1. The Morgan fingerprint density at radius 2 is 2.39 bits per heavy atom. The SMILES string of the molecule is C=C/C=C\N=CCNc1nc(Cl)ccc1[N+](=O)[O-]. The first-order valence-corrected chi connectivity index (χ1v) is 5.37. The predicted octanol–water partition coefficient (Wildman–Crippen LogP) is 2.83. The number of pyridine rings is 1. The molecule has 1 heterocycles. The molecule has 94 valence electrons. The highest BCUT2D eigenvalue weighted by molar-refractivity contribution is 6.29. The molecule has 0 spiro atoms. The van der Waals surface area contributed by atoms with Crippen LogP contribution in [-0.2, 0) is 0 Å². The molecule has 0 bridgehead atoms. The molecule has 0 saturated heterocycles. The van der Waals surface area contributed by atoms with Gasteiger partial charge >= 0.3 is 5.69 Å². The van der Waals surface area contributed by atoms with E-state index in [-0.39, 0.29) is 16.7 Å². The van der Waals surface area contributed by atoms with Crippen molar-refractivity contribution in [1.29, 1.82) is 0 Å². The first kappa shape index (κ1) is 13.9. The smallest absolute Gasteiger partial charge is 0.311 e. The number of rotatable bonds is 6. The second-order valence-electron chi connectivity index (χ2n) is 3.05. The minimum Gasteiger partial charge on any atom is -0.359 e. The summed E-state index contributed by atoms with van der Waals surface area (Å²) in [6, 6.07) is 2.66. The Bertz CT molecular complexity index is 500. The number of nitro groups is 1. The number of nitrogens with one attached hydrogen (secondary N) is 1. The van der Waals surface area contributed by atoms with Crippen LogP contribution in [0.3, 0.4) is 0 Å². The molecule has 0 aromatic carbocycles. The average molecular weight is 267 g/mol. The number of aromatic nitrogens is 1. The lowest BCUT2D eigenvalue weighted by Crippen LogP contribution is -2.07. The summed E-state index contributed by atoms with van der Waals surface area (Å²) in [6.07, 6.45) is 6.35. The van der Waals surface area contributed by atoms with Crippen molar-refractivity contribution in [3.05, 3.63) is 52.3 Å². The Hall–Kier alpha value is -2.21. The number of allylic oxidation sites excluding steroid dienone is 2. The summed E-state index contributed by atoms with van der Waals surface area (Å²) in [4.78, 5) is 18.0. The monoisotopic (exact) mass is 266 g/mol. The van der Waals surface area contributed by atoms with Crippen molar-refractivity contribution in [2.24, 2.45) is 4.99 Å². The Balaban J connectivity index is 2.69. The third-order valence-corrected chi connectivity index (χ3v) is 2.02. The Kier molecular flexibility index (Phi) is 5.53. The topological polar surface area (TPSA) is 80.4 Å². The van der Waals surface area contributed by atoms with Gasteiger partial charge in [-0.05, 0) is 12.1 Å². The van der Waals surface area contributed by atoms with Crippen molar-refractivity contribution in [1.82, 2.24) is 4.98 Å². The van der Waals surface area contributed by atoms with Crippen LogP contribution in [0.15, 0.2) is 42.1 Å². The van der Waals surface area contributed by atoms with Crippen LogP contribution < -0.4 is 5.32 Å². The van der Waals surface area contributed by atoms with Crippen LogP contribution in [0.1, 0.15) is 0 Å². The molecule has 0 aliphatic carbocycles. The second kappa shape index (κ2) is 7.18. The molecule has 0 radical (unpaired) electrons. The van der Waals surface area contributed by atoms with Gasteiger partial charge in [-0.25, -0.2) is 4.98 Å². The molecular formula is C11H11ClN4O2. The third kappa shape index (κ3) is 4.34. The molecule has 1 aromatic rings. The van der Waals surface area contributed by atoms with Gasteiger partial charge in [-0.15, -0.1) is 0 Å². The summed E-state index contributed by atoms with van der Waals surface area (Å²) in [5, 5.41) is 13.7. The van der Waals surface area contributed by atoms with E-state index in [1.807, 2.05) is 0 Å². The zero-order valence-corrected chi connectivity index (χ0v) is 10.2. The second-order valence-corrected chi connectivity index (χ2v) is 3.44. The molecule has 0 atom stereocenters. The van der Waals surface area contributed by atoms with Gasteiger partial charge in [0, 0.05) is 18.5 Å². The molecule has 0 saturated carbocycles. The van der Waals surface area contributed by atoms with Gasteiger partial charge in [0.05, 0.1) is 11.5 Å². The summed E-state index contributed by atoms with van der Waals surface area (Å²) in [5.74, 6) is 0.117. The first-order chi connectivity index (χ1) is 8.65. The van der Waals surface area contributed by atoms with E-state index in [2.05, 4.69) is 21.9 Å². The lowest BCUT2D eigenvalue weighted by Gasteiger charge is -2.03. The van der Waals surface area contributed by atoms with Crippen molar-refractivity contribution < 1.29 is 4.92 Å². The van der Waals surface area contributed by atoms with E-state index < -0.39 is 4.92 Å². The Labute approximate surface area is 109 Å². The van der Waals surface area contributed by atoms with Crippen molar-refractivity contribution in [2.75, 3.05) is 11.9 Å². The maximum Gasteiger partial charge on any atom is 0.311 e. The highest BCUT2D eigenvalue weighted by Gasteiger charge is 2.14. The van der Waals surface area contributed by atoms with Gasteiger partial charge in [0.15, 0.2) is 0 Å². The van der Waals surface area contributed by atoms with E-state index in [0.29, 0.717) is 6.54 Å². The van der Waals surface area contributed by atoms with Crippen molar-refractivity contribution in [3.63, 3.8) is 0 Å². The number of nitrogens with zero attached hydrogens (tertiary/aromatic N) is 3. The molecule has 0 aliphatic heterocycles. The summed E-state index contributed by atoms with van der Waals surface area (Å²) in [7, 11) is 0. The highest BCUT2D eigenvalue weighted by Crippen LogP contribution is 2.23. The number of hydrogen-bond acceptors (Lipinski definition) is 5. The van der Waals surface area contributed by atoms with Gasteiger partial charge < -0.3 is 5.32 Å². The molecule has 18 heavy (non-hydrogen) atoms. The molecule has 0 unspecified atom stereocenters. The van der Waals surface area contributed by atoms with Crippen LogP contribution in [0.2, 0.25) is 5.15 Å². The van der Waals surface area contributed by atoms with Crippen LogP contribution in [-0.4, -0.2) is 22.7 Å². The summed E-state index contributed by atoms with van der Waals surface area (Å²) >= 11 is 5.67. The Morgan fingerprint density at radius 1 is 1.61 bits per heavy atom. The van der Waals surface area contributed by atoms with Gasteiger partial charge in [0.2, 0.25) is 5.82 Å². The third-order valence-electron chi connectivity index (χ3n) is 1.81. The quantitative estimate of drug-likeness (QED) is 0.282. The van der Waals surface area contributed by atoms with Gasteiger partial charge in [0.25, 0.3) is 0 Å². The molecule has 0 fully saturated rings. The van der Waals surface area contributed by atoms with Gasteiger partial charge in [0.1, 0.15) is 5.15 Å². The number of aliphatic imine (C=N–C) groups is 1. The zero-order valence-electron chi connectivity index (χ0n) is 9.41. The fraction of sp³-hybridized carbons (Fsp3) is 0.0909. The van der Waals surface area contributed by atoms with Gasteiger partial charge in [-0.1, -0.05) is 24.3 Å². The molecule has 1 N–H and O–H groups in total. The standard InChI is InChI=1S/C11H11ClN4O2/c1-2-3-6-13-7-8-14-11-9(16(17)18)4-5-10(12)15-11/h2-7H,1,8H2,(H,14,15)/b6-3-,13-7?. The van der Waals surface area contributed by atoms with Gasteiger partial charge in [-0.2, -0.15) is 0 Å². The van der Waals surface area contributed by atoms with Crippen molar-refractivity contribution >= 4 is 29.3 Å². The average Bonchev–Trinajstić information content (AvgIpc) is 2.33. The summed E-state index contributed by atoms with van der Waals surface area (Å²) in [6.45, 7) is 3.79. The summed E-state index contributed by atoms with van der Waals surface area (Å²) in [5.41, 5.74) is -0.130. The van der Waals surface area contributed by atoms with Crippen LogP contribution >= 0.6 is 11.6 Å². The normalized spacial score (nSPS) is 10.9. The molecule has 0 aliphatic rings. The van der Waals surface area contributed by atoms with E-state index in [0.717, 1.165) is 0 Å². The number of anilines is 1. The maximum atomic E-state index is 10.7. The molecule has 1 rings (SSSR count). The van der Waals surface area contributed by atoms with E-state index >= 15 is 0 Å². The van der Waals surface area contributed by atoms with E-state index in [1.54, 1.807) is 24.6 Å². The maximum absolute atomic E-state index is 10.7. The van der Waals surface area contributed by atoms with Crippen LogP contribution in [0.25, 0.3) is 0 Å². The highest BCUT2D eigenvalue weighted by atomic mass is 35.5. The van der Waals surface area contributed by atoms with Crippen molar-refractivity contribution in [3.8, 4) is 0 Å². The Morgan fingerprint density at radius 3 is 3.06 bits per heavy atom. The molecule has 0 amide bonds. The number of hydrogen-bond donors (Lipinski definition) is 1. The van der Waals surface area contributed by atoms with Crippen molar-refractivity contribution in [2.45, 2.75) is 0 Å². The fourth-order valence-electron chi connectivity index (χ4n) is 1.07. The van der Waals surface area contributed by atoms with E-state index in [9.17, 15) is 10.1 Å². The largest absolute Gasteiger partial charge is 0.359 e. The van der Waals surface area contributed by atoms with Crippen LogP contribution in [0.4, 0.5) is 11.5 Å². The van der Waals surface area contributed by atoms with Crippen LogP contribution in [0, 0.1) is 10.1 Å². The van der Waals surface area contributed by atoms with Gasteiger partial charge in [-0.3, -0.25) is 15.1 Å². The van der Waals surface area contributed by atoms with E-state index in [4.69, 9.17) is 11.6 Å².